The van der Waals surface area contributed by atoms with Crippen molar-refractivity contribution in [3.8, 4) is 6.07 Å². The summed E-state index contributed by atoms with van der Waals surface area (Å²) in [5.74, 6) is -6.08. The summed E-state index contributed by atoms with van der Waals surface area (Å²) >= 11 is 0. The number of amides is 3. The van der Waals surface area contributed by atoms with Crippen molar-refractivity contribution in [2.45, 2.75) is 44.3 Å². The molecule has 0 saturated heterocycles. The number of rotatable bonds is 9. The van der Waals surface area contributed by atoms with Crippen LogP contribution in [0.1, 0.15) is 47.4 Å². The first-order valence-corrected chi connectivity index (χ1v) is 13.5. The SMILES string of the molecule is Cc1cc(C#N)cc(N2C[C@H](NC(=O)C(CCC(F)(F)F)C(C(N)=O)c3ccccc3)C(=O)Nc3c(C(F)F)cccc32)c1. The lowest BCUT2D eigenvalue weighted by Gasteiger charge is -2.30. The molecule has 3 aromatic rings. The van der Waals surface area contributed by atoms with Crippen molar-refractivity contribution >= 4 is 34.8 Å². The first-order chi connectivity index (χ1) is 20.8. The van der Waals surface area contributed by atoms with Crippen molar-refractivity contribution in [3.05, 3.63) is 89.0 Å². The Kier molecular flexibility index (Phi) is 9.52. The van der Waals surface area contributed by atoms with Crippen molar-refractivity contribution in [2.24, 2.45) is 11.7 Å². The molecule has 1 aliphatic heterocycles. The Morgan fingerprint density at radius 1 is 1.11 bits per heavy atom. The number of halogens is 5. The van der Waals surface area contributed by atoms with Crippen LogP contribution in [-0.4, -0.2) is 36.5 Å². The van der Waals surface area contributed by atoms with E-state index in [2.05, 4.69) is 10.6 Å². The number of hydrogen-bond donors (Lipinski definition) is 3. The van der Waals surface area contributed by atoms with E-state index in [0.29, 0.717) is 11.3 Å². The molecular formula is C31H28F5N5O3. The van der Waals surface area contributed by atoms with E-state index < -0.39 is 66.6 Å². The second-order valence-corrected chi connectivity index (χ2v) is 10.4. The number of anilines is 3. The van der Waals surface area contributed by atoms with E-state index in [1.54, 1.807) is 25.1 Å². The zero-order valence-electron chi connectivity index (χ0n) is 23.4. The fourth-order valence-corrected chi connectivity index (χ4v) is 5.32. The molecule has 1 aliphatic rings. The van der Waals surface area contributed by atoms with E-state index in [9.17, 15) is 41.6 Å². The van der Waals surface area contributed by atoms with Crippen LogP contribution in [0.2, 0.25) is 0 Å². The number of nitriles is 1. The van der Waals surface area contributed by atoms with Gasteiger partial charge in [-0.1, -0.05) is 42.5 Å². The third-order valence-corrected chi connectivity index (χ3v) is 7.29. The highest BCUT2D eigenvalue weighted by Gasteiger charge is 2.40. The van der Waals surface area contributed by atoms with Crippen LogP contribution in [0.3, 0.4) is 0 Å². The number of carbonyl (C=O) groups is 3. The van der Waals surface area contributed by atoms with Gasteiger partial charge < -0.3 is 21.3 Å². The van der Waals surface area contributed by atoms with Crippen molar-refractivity contribution < 1.29 is 36.3 Å². The number of nitrogens with zero attached hydrogens (tertiary/aromatic N) is 2. The number of para-hydroxylation sites is 1. The molecule has 0 saturated carbocycles. The highest BCUT2D eigenvalue weighted by atomic mass is 19.4. The minimum Gasteiger partial charge on any atom is -0.369 e. The lowest BCUT2D eigenvalue weighted by Crippen LogP contribution is -2.51. The molecule has 4 N–H and O–H groups in total. The van der Waals surface area contributed by atoms with Crippen LogP contribution in [0.5, 0.6) is 0 Å². The average Bonchev–Trinajstić information content (AvgIpc) is 3.10. The maximum atomic E-state index is 14.0. The molecule has 44 heavy (non-hydrogen) atoms. The minimum atomic E-state index is -4.66. The number of alkyl halides is 5. The normalized spacial score (nSPS) is 16.3. The van der Waals surface area contributed by atoms with Gasteiger partial charge >= 0.3 is 6.18 Å². The van der Waals surface area contributed by atoms with Crippen molar-refractivity contribution in [1.29, 1.82) is 5.26 Å². The molecule has 8 nitrogen and oxygen atoms in total. The largest absolute Gasteiger partial charge is 0.389 e. The molecule has 0 aliphatic carbocycles. The maximum absolute atomic E-state index is 14.0. The van der Waals surface area contributed by atoms with E-state index in [4.69, 9.17) is 5.73 Å². The molecule has 0 aromatic heterocycles. The molecule has 13 heteroatoms. The molecule has 4 rings (SSSR count). The number of aryl methyl sites for hydroxylation is 1. The Hall–Kier alpha value is -4.99. The molecule has 230 valence electrons. The summed E-state index contributed by atoms with van der Waals surface area (Å²) in [5, 5.41) is 14.4. The molecule has 0 fully saturated rings. The molecule has 3 aromatic carbocycles. The lowest BCUT2D eigenvalue weighted by molar-refractivity contribution is -0.144. The third kappa shape index (κ3) is 7.31. The van der Waals surface area contributed by atoms with Gasteiger partial charge in [0.1, 0.15) is 6.04 Å². The lowest BCUT2D eigenvalue weighted by atomic mass is 9.81. The summed E-state index contributed by atoms with van der Waals surface area (Å²) in [4.78, 5) is 41.2. The number of benzene rings is 3. The van der Waals surface area contributed by atoms with Crippen molar-refractivity contribution in [2.75, 3.05) is 16.8 Å². The van der Waals surface area contributed by atoms with E-state index in [0.717, 1.165) is 6.07 Å². The van der Waals surface area contributed by atoms with Gasteiger partial charge in [0.05, 0.1) is 41.4 Å². The summed E-state index contributed by atoms with van der Waals surface area (Å²) < 4.78 is 68.0. The van der Waals surface area contributed by atoms with Gasteiger partial charge in [-0.15, -0.1) is 0 Å². The van der Waals surface area contributed by atoms with Crippen molar-refractivity contribution in [1.82, 2.24) is 5.32 Å². The number of primary amides is 1. The molecule has 2 unspecified atom stereocenters. The maximum Gasteiger partial charge on any atom is 0.389 e. The number of fused-ring (bicyclic) bond motifs is 1. The standard InChI is InChI=1S/C31H28F5N5O3/c1-17-12-18(15-37)14-20(13-17)41-16-23(30(44)40-26-22(27(32)33)8-5-9-24(26)41)39-29(43)21(10-11-31(34,35)36)25(28(38)42)19-6-3-2-4-7-19/h2-9,12-14,21,23,25,27H,10-11,16H2,1H3,(H2,38,42)(H,39,43)(H,40,44)/t21?,23-,25?/m0/s1. The van der Waals surface area contributed by atoms with Gasteiger partial charge in [-0.3, -0.25) is 14.4 Å². The quantitative estimate of drug-likeness (QED) is 0.271. The van der Waals surface area contributed by atoms with E-state index in [1.165, 1.54) is 47.4 Å². The average molecular weight is 614 g/mol. The molecule has 1 heterocycles. The fraction of sp³-hybridized carbons (Fsp3) is 0.290. The van der Waals surface area contributed by atoms with Crippen LogP contribution in [0.25, 0.3) is 0 Å². The van der Waals surface area contributed by atoms with Gasteiger partial charge in [0.25, 0.3) is 6.43 Å². The second kappa shape index (κ2) is 13.1. The van der Waals surface area contributed by atoms with Crippen LogP contribution >= 0.6 is 0 Å². The monoisotopic (exact) mass is 613 g/mol. The van der Waals surface area contributed by atoms with Gasteiger partial charge in [-0.05, 0) is 48.7 Å². The van der Waals surface area contributed by atoms with Crippen LogP contribution in [-0.2, 0) is 14.4 Å². The zero-order chi connectivity index (χ0) is 32.2. The van der Waals surface area contributed by atoms with Crippen LogP contribution in [0.15, 0.2) is 66.7 Å². The fourth-order valence-electron chi connectivity index (χ4n) is 5.32. The number of nitrogens with one attached hydrogen (secondary N) is 2. The minimum absolute atomic E-state index is 0.148. The van der Waals surface area contributed by atoms with Crippen LogP contribution < -0.4 is 21.3 Å². The molecule has 3 atom stereocenters. The van der Waals surface area contributed by atoms with Crippen LogP contribution in [0.4, 0.5) is 39.0 Å². The highest BCUT2D eigenvalue weighted by molar-refractivity contribution is 6.04. The summed E-state index contributed by atoms with van der Waals surface area (Å²) in [6.07, 6.45) is -9.87. The molecular weight excluding hydrogens is 585 g/mol. The van der Waals surface area contributed by atoms with Gasteiger partial charge in [0.15, 0.2) is 0 Å². The Labute approximate surface area is 249 Å². The zero-order valence-corrected chi connectivity index (χ0v) is 23.4. The van der Waals surface area contributed by atoms with Gasteiger partial charge in [0, 0.05) is 17.7 Å². The van der Waals surface area contributed by atoms with E-state index in [1.807, 2.05) is 6.07 Å². The smallest absolute Gasteiger partial charge is 0.369 e. The predicted octanol–water partition coefficient (Wildman–Crippen LogP) is 5.61. The third-order valence-electron chi connectivity index (χ3n) is 7.29. The van der Waals surface area contributed by atoms with Crippen molar-refractivity contribution in [3.63, 3.8) is 0 Å². The number of hydrogen-bond acceptors (Lipinski definition) is 5. The van der Waals surface area contributed by atoms with Gasteiger partial charge in [-0.2, -0.15) is 18.4 Å². The molecule has 0 bridgehead atoms. The summed E-state index contributed by atoms with van der Waals surface area (Å²) in [5.41, 5.74) is 6.47. The Bertz CT molecular complexity index is 1590. The summed E-state index contributed by atoms with van der Waals surface area (Å²) in [6, 6.07) is 16.8. The number of nitrogens with two attached hydrogens (primary N) is 1. The predicted molar refractivity (Wildman–Crippen MR) is 152 cm³/mol. The first kappa shape index (κ1) is 31.9. The van der Waals surface area contributed by atoms with E-state index in [-0.39, 0.29) is 29.0 Å². The molecule has 3 amide bonds. The van der Waals surface area contributed by atoms with E-state index >= 15 is 0 Å². The summed E-state index contributed by atoms with van der Waals surface area (Å²) in [6.45, 7) is 1.37. The Balaban J connectivity index is 1.77. The van der Waals surface area contributed by atoms with Gasteiger partial charge in [0.2, 0.25) is 17.7 Å². The van der Waals surface area contributed by atoms with Gasteiger partial charge in [-0.25, -0.2) is 8.78 Å². The van der Waals surface area contributed by atoms with Crippen LogP contribution in [0, 0.1) is 24.2 Å². The highest BCUT2D eigenvalue weighted by Crippen LogP contribution is 2.41. The summed E-state index contributed by atoms with van der Waals surface area (Å²) in [7, 11) is 0. The topological polar surface area (TPSA) is 128 Å². The number of carbonyl (C=O) groups excluding carboxylic acids is 3. The molecule has 0 radical (unpaired) electrons. The molecule has 0 spiro atoms. The second-order valence-electron chi connectivity index (χ2n) is 10.4. The Morgan fingerprint density at radius 3 is 2.43 bits per heavy atom. The Morgan fingerprint density at radius 2 is 1.82 bits per heavy atom. The first-order valence-electron chi connectivity index (χ1n) is 13.5.